The van der Waals surface area contributed by atoms with Crippen molar-refractivity contribution >= 4 is 40.9 Å². The number of rotatable bonds is 5. The maximum Gasteiger partial charge on any atom is 0.266 e. The Bertz CT molecular complexity index is 1140. The highest BCUT2D eigenvalue weighted by Crippen LogP contribution is 2.30. The molecule has 1 amide bonds. The Morgan fingerprint density at radius 3 is 2.62 bits per heavy atom. The maximum absolute atomic E-state index is 12.6. The van der Waals surface area contributed by atoms with Crippen LogP contribution in [0.15, 0.2) is 58.5 Å². The average molecular weight is 427 g/mol. The minimum atomic E-state index is -0.566. The number of anilines is 1. The minimum absolute atomic E-state index is 0.108. The number of nitriles is 1. The van der Waals surface area contributed by atoms with Crippen molar-refractivity contribution in [3.63, 3.8) is 0 Å². The fourth-order valence-electron chi connectivity index (χ4n) is 2.63. The Balaban J connectivity index is 1.84. The molecule has 0 aliphatic rings. The lowest BCUT2D eigenvalue weighted by molar-refractivity contribution is -0.112. The second kappa shape index (κ2) is 8.87. The van der Waals surface area contributed by atoms with Gasteiger partial charge in [0.2, 0.25) is 0 Å². The number of furan rings is 1. The molecule has 0 unspecified atom stereocenters. The van der Waals surface area contributed by atoms with Gasteiger partial charge in [-0.1, -0.05) is 29.3 Å². The van der Waals surface area contributed by atoms with Crippen molar-refractivity contribution in [2.75, 3.05) is 12.4 Å². The van der Waals surface area contributed by atoms with Crippen molar-refractivity contribution in [1.29, 1.82) is 5.26 Å². The predicted molar refractivity (Wildman–Crippen MR) is 114 cm³/mol. The molecule has 0 radical (unpaired) electrons. The second-order valence-electron chi connectivity index (χ2n) is 6.16. The standard InChI is InChI=1S/C22H16Cl2N2O3/c1-13-3-7-21(28-2)19(9-13)26-22(27)15(12-25)10-16-5-8-20(29-16)14-4-6-17(23)18(24)11-14/h3-11H,1-2H3,(H,26,27)/b15-10+. The highest BCUT2D eigenvalue weighted by atomic mass is 35.5. The Morgan fingerprint density at radius 2 is 1.93 bits per heavy atom. The number of benzene rings is 2. The van der Waals surface area contributed by atoms with E-state index in [9.17, 15) is 10.1 Å². The Hall–Kier alpha value is -3.20. The number of aryl methyl sites for hydroxylation is 1. The number of carbonyl (C=O) groups excluding carboxylic acids is 1. The van der Waals surface area contributed by atoms with Crippen LogP contribution in [0, 0.1) is 18.3 Å². The molecule has 0 aliphatic carbocycles. The number of hydrogen-bond donors (Lipinski definition) is 1. The van der Waals surface area contributed by atoms with Crippen molar-refractivity contribution in [2.24, 2.45) is 0 Å². The van der Waals surface area contributed by atoms with Crippen LogP contribution in [-0.4, -0.2) is 13.0 Å². The van der Waals surface area contributed by atoms with Crippen LogP contribution in [0.2, 0.25) is 10.0 Å². The molecule has 29 heavy (non-hydrogen) atoms. The summed E-state index contributed by atoms with van der Waals surface area (Å²) in [7, 11) is 1.51. The summed E-state index contributed by atoms with van der Waals surface area (Å²) in [4.78, 5) is 12.6. The summed E-state index contributed by atoms with van der Waals surface area (Å²) in [5, 5.41) is 13.0. The van der Waals surface area contributed by atoms with E-state index in [1.165, 1.54) is 13.2 Å². The van der Waals surface area contributed by atoms with Crippen molar-refractivity contribution in [3.8, 4) is 23.1 Å². The molecule has 146 valence electrons. The van der Waals surface area contributed by atoms with E-state index in [0.717, 1.165) is 11.1 Å². The molecule has 5 nitrogen and oxygen atoms in total. The molecule has 0 aliphatic heterocycles. The van der Waals surface area contributed by atoms with Gasteiger partial charge in [0.15, 0.2) is 0 Å². The fourth-order valence-corrected chi connectivity index (χ4v) is 2.93. The summed E-state index contributed by atoms with van der Waals surface area (Å²) in [6.07, 6.45) is 1.37. The largest absolute Gasteiger partial charge is 0.495 e. The van der Waals surface area contributed by atoms with Gasteiger partial charge in [0.25, 0.3) is 5.91 Å². The molecular formula is C22H16Cl2N2O3. The van der Waals surface area contributed by atoms with Crippen LogP contribution in [-0.2, 0) is 4.79 Å². The zero-order valence-electron chi connectivity index (χ0n) is 15.6. The molecular weight excluding hydrogens is 411 g/mol. The summed E-state index contributed by atoms with van der Waals surface area (Å²) >= 11 is 12.0. The van der Waals surface area contributed by atoms with Crippen LogP contribution in [0.5, 0.6) is 5.75 Å². The third-order valence-electron chi connectivity index (χ3n) is 4.09. The molecule has 0 saturated carbocycles. The quantitative estimate of drug-likeness (QED) is 0.393. The molecule has 1 aromatic heterocycles. The smallest absolute Gasteiger partial charge is 0.266 e. The monoisotopic (exact) mass is 426 g/mol. The number of nitrogens with zero attached hydrogens (tertiary/aromatic N) is 1. The van der Waals surface area contributed by atoms with Gasteiger partial charge in [-0.3, -0.25) is 4.79 Å². The first-order valence-corrected chi connectivity index (χ1v) is 9.30. The topological polar surface area (TPSA) is 75.3 Å². The molecule has 1 N–H and O–H groups in total. The van der Waals surface area contributed by atoms with E-state index >= 15 is 0 Å². The van der Waals surface area contributed by atoms with Crippen molar-refractivity contribution in [2.45, 2.75) is 6.92 Å². The minimum Gasteiger partial charge on any atom is -0.495 e. The van der Waals surface area contributed by atoms with E-state index in [1.54, 1.807) is 42.5 Å². The van der Waals surface area contributed by atoms with Crippen LogP contribution in [0.1, 0.15) is 11.3 Å². The number of halogens is 2. The second-order valence-corrected chi connectivity index (χ2v) is 6.97. The zero-order valence-corrected chi connectivity index (χ0v) is 17.1. The van der Waals surface area contributed by atoms with Gasteiger partial charge in [-0.15, -0.1) is 0 Å². The molecule has 3 rings (SSSR count). The normalized spacial score (nSPS) is 11.1. The van der Waals surface area contributed by atoms with Gasteiger partial charge in [0.1, 0.15) is 28.9 Å². The Labute approximate surface area is 178 Å². The number of nitrogens with one attached hydrogen (secondary N) is 1. The fraction of sp³-hybridized carbons (Fsp3) is 0.0909. The number of carbonyl (C=O) groups is 1. The van der Waals surface area contributed by atoms with Crippen molar-refractivity contribution in [3.05, 3.63) is 75.5 Å². The predicted octanol–water partition coefficient (Wildman–Crippen LogP) is 6.12. The first kappa shape index (κ1) is 20.5. The number of hydrogen-bond acceptors (Lipinski definition) is 4. The van der Waals surface area contributed by atoms with Gasteiger partial charge >= 0.3 is 0 Å². The summed E-state index contributed by atoms with van der Waals surface area (Å²) in [5.74, 6) is 0.826. The molecule has 3 aromatic rings. The molecule has 0 saturated heterocycles. The molecule has 2 aromatic carbocycles. The number of methoxy groups -OCH3 is 1. The summed E-state index contributed by atoms with van der Waals surface area (Å²) in [6.45, 7) is 1.89. The molecule has 0 bridgehead atoms. The van der Waals surface area contributed by atoms with Crippen molar-refractivity contribution in [1.82, 2.24) is 0 Å². The van der Waals surface area contributed by atoms with Crippen LogP contribution in [0.25, 0.3) is 17.4 Å². The third kappa shape index (κ3) is 4.80. The SMILES string of the molecule is COc1ccc(C)cc1NC(=O)/C(C#N)=C/c1ccc(-c2ccc(Cl)c(Cl)c2)o1. The van der Waals surface area contributed by atoms with Gasteiger partial charge in [0, 0.05) is 11.6 Å². The summed E-state index contributed by atoms with van der Waals surface area (Å²) < 4.78 is 11.0. The zero-order chi connectivity index (χ0) is 21.0. The summed E-state index contributed by atoms with van der Waals surface area (Å²) in [5.41, 5.74) is 2.05. The first-order chi connectivity index (χ1) is 13.9. The Morgan fingerprint density at radius 1 is 1.14 bits per heavy atom. The number of ether oxygens (including phenoxy) is 1. The van der Waals surface area contributed by atoms with Gasteiger partial charge in [-0.2, -0.15) is 5.26 Å². The highest BCUT2D eigenvalue weighted by Gasteiger charge is 2.14. The molecule has 0 spiro atoms. The molecule has 0 fully saturated rings. The van der Waals surface area contributed by atoms with E-state index in [-0.39, 0.29) is 5.57 Å². The van der Waals surface area contributed by atoms with Crippen LogP contribution in [0.3, 0.4) is 0 Å². The van der Waals surface area contributed by atoms with Crippen LogP contribution < -0.4 is 10.1 Å². The van der Waals surface area contributed by atoms with Gasteiger partial charge in [-0.05, 0) is 55.0 Å². The van der Waals surface area contributed by atoms with Crippen LogP contribution in [0.4, 0.5) is 5.69 Å². The average Bonchev–Trinajstić information content (AvgIpc) is 3.17. The number of amides is 1. The van der Waals surface area contributed by atoms with Gasteiger partial charge in [-0.25, -0.2) is 0 Å². The lowest BCUT2D eigenvalue weighted by Crippen LogP contribution is -2.14. The summed E-state index contributed by atoms with van der Waals surface area (Å²) in [6, 6.07) is 15.8. The van der Waals surface area contributed by atoms with Crippen molar-refractivity contribution < 1.29 is 13.9 Å². The third-order valence-corrected chi connectivity index (χ3v) is 4.82. The molecule has 1 heterocycles. The molecule has 7 heteroatoms. The van der Waals surface area contributed by atoms with Crippen LogP contribution >= 0.6 is 23.2 Å². The lowest BCUT2D eigenvalue weighted by Gasteiger charge is -2.10. The molecule has 0 atom stereocenters. The highest BCUT2D eigenvalue weighted by molar-refractivity contribution is 6.42. The van der Waals surface area contributed by atoms with E-state index in [4.69, 9.17) is 32.4 Å². The lowest BCUT2D eigenvalue weighted by atomic mass is 10.1. The van der Waals surface area contributed by atoms with E-state index < -0.39 is 5.91 Å². The maximum atomic E-state index is 12.6. The van der Waals surface area contributed by atoms with Gasteiger partial charge < -0.3 is 14.5 Å². The van der Waals surface area contributed by atoms with E-state index in [2.05, 4.69) is 5.32 Å². The van der Waals surface area contributed by atoms with E-state index in [0.29, 0.717) is 33.0 Å². The van der Waals surface area contributed by atoms with Gasteiger partial charge in [0.05, 0.1) is 22.8 Å². The first-order valence-electron chi connectivity index (χ1n) is 8.54. The Kier molecular flexibility index (Phi) is 6.28. The van der Waals surface area contributed by atoms with E-state index in [1.807, 2.05) is 19.1 Å².